The first kappa shape index (κ1) is 16.0. The Hall–Kier alpha value is -1.86. The first-order valence-corrected chi connectivity index (χ1v) is 8.01. The van der Waals surface area contributed by atoms with Gasteiger partial charge in [0, 0.05) is 24.5 Å². The number of ether oxygens (including phenoxy) is 3. The van der Waals surface area contributed by atoms with Crippen molar-refractivity contribution in [3.63, 3.8) is 0 Å². The molecule has 2 aromatic rings. The van der Waals surface area contributed by atoms with Crippen molar-refractivity contribution in [1.82, 2.24) is 10.3 Å². The molecule has 6 nitrogen and oxygen atoms in total. The van der Waals surface area contributed by atoms with Crippen LogP contribution in [0.15, 0.2) is 28.9 Å². The molecule has 1 aromatic carbocycles. The van der Waals surface area contributed by atoms with Crippen LogP contribution in [0.1, 0.15) is 6.42 Å². The highest BCUT2D eigenvalue weighted by atomic mass is 79.9. The van der Waals surface area contributed by atoms with Crippen LogP contribution in [0.2, 0.25) is 0 Å². The summed E-state index contributed by atoms with van der Waals surface area (Å²) < 4.78 is 16.9. The van der Waals surface area contributed by atoms with E-state index in [1.165, 1.54) is 7.11 Å². The second-order valence-electron chi connectivity index (χ2n) is 5.28. The molecule has 1 N–H and O–H groups in total. The summed E-state index contributed by atoms with van der Waals surface area (Å²) in [6.45, 7) is 0.579. The molecule has 2 atom stereocenters. The monoisotopic (exact) mass is 380 g/mol. The molecule has 1 aromatic heterocycles. The zero-order valence-electron chi connectivity index (χ0n) is 12.8. The molecule has 7 heteroatoms. The minimum Gasteiger partial charge on any atom is -0.496 e. The highest BCUT2D eigenvalue weighted by Gasteiger charge is 2.31. The number of nitrogens with zero attached hydrogens (tertiary/aromatic N) is 1. The Morgan fingerprint density at radius 1 is 1.39 bits per heavy atom. The number of hydrogen-bond acceptors (Lipinski definition) is 6. The van der Waals surface area contributed by atoms with Crippen LogP contribution in [0.3, 0.4) is 0 Å². The van der Waals surface area contributed by atoms with E-state index in [2.05, 4.69) is 26.2 Å². The third kappa shape index (κ3) is 3.25. The highest BCUT2D eigenvalue weighted by Crippen LogP contribution is 2.34. The van der Waals surface area contributed by atoms with E-state index >= 15 is 0 Å². The molecular weight excluding hydrogens is 364 g/mol. The molecule has 0 bridgehead atoms. The predicted molar refractivity (Wildman–Crippen MR) is 88.8 cm³/mol. The van der Waals surface area contributed by atoms with Crippen LogP contribution in [-0.2, 0) is 9.53 Å². The summed E-state index contributed by atoms with van der Waals surface area (Å²) in [6, 6.07) is 5.43. The van der Waals surface area contributed by atoms with E-state index in [0.717, 1.165) is 21.0 Å². The van der Waals surface area contributed by atoms with E-state index in [9.17, 15) is 4.79 Å². The van der Waals surface area contributed by atoms with Crippen LogP contribution in [0.5, 0.6) is 11.6 Å². The third-order valence-corrected chi connectivity index (χ3v) is 4.47. The Balaban J connectivity index is 1.84. The number of fused-ring (bicyclic) bond motifs is 1. The van der Waals surface area contributed by atoms with Crippen molar-refractivity contribution in [2.45, 2.75) is 18.6 Å². The van der Waals surface area contributed by atoms with Crippen LogP contribution in [0.25, 0.3) is 10.8 Å². The van der Waals surface area contributed by atoms with Gasteiger partial charge >= 0.3 is 5.97 Å². The van der Waals surface area contributed by atoms with Crippen LogP contribution < -0.4 is 14.8 Å². The number of methoxy groups -OCH3 is 2. The largest absolute Gasteiger partial charge is 0.496 e. The minimum atomic E-state index is -0.327. The number of benzene rings is 1. The van der Waals surface area contributed by atoms with Crippen molar-refractivity contribution in [3.8, 4) is 11.6 Å². The number of hydrogen-bond donors (Lipinski definition) is 1. The van der Waals surface area contributed by atoms with Crippen LogP contribution in [0, 0.1) is 0 Å². The molecule has 1 fully saturated rings. The zero-order chi connectivity index (χ0) is 16.4. The molecule has 1 aliphatic rings. The minimum absolute atomic E-state index is 0.127. The van der Waals surface area contributed by atoms with Crippen LogP contribution >= 0.6 is 15.9 Å². The standard InChI is InChI=1S/C16H17BrN2O4/c1-21-14-5-9-3-4-18-15(11(9)7-12(14)17)23-10-6-13(19-8-10)16(20)22-2/h3-5,7,10,13,19H,6,8H2,1-2H3/t10-,13+/m1/s1. The van der Waals surface area contributed by atoms with Gasteiger partial charge in [-0.1, -0.05) is 0 Å². The number of aromatic nitrogens is 1. The lowest BCUT2D eigenvalue weighted by atomic mass is 10.1. The Morgan fingerprint density at radius 3 is 2.96 bits per heavy atom. The fourth-order valence-electron chi connectivity index (χ4n) is 2.67. The van der Waals surface area contributed by atoms with Gasteiger partial charge in [0.15, 0.2) is 0 Å². The lowest BCUT2D eigenvalue weighted by molar-refractivity contribution is -0.142. The maximum Gasteiger partial charge on any atom is 0.323 e. The van der Waals surface area contributed by atoms with E-state index < -0.39 is 0 Å². The molecule has 0 saturated carbocycles. The first-order chi connectivity index (χ1) is 11.1. The van der Waals surface area contributed by atoms with Gasteiger partial charge in [-0.3, -0.25) is 4.79 Å². The molecule has 0 unspecified atom stereocenters. The number of carbonyl (C=O) groups excluding carboxylic acids is 1. The van der Waals surface area contributed by atoms with Gasteiger partial charge < -0.3 is 19.5 Å². The molecule has 0 radical (unpaired) electrons. The normalized spacial score (nSPS) is 20.5. The van der Waals surface area contributed by atoms with E-state index in [4.69, 9.17) is 14.2 Å². The smallest absolute Gasteiger partial charge is 0.323 e. The molecule has 2 heterocycles. The predicted octanol–water partition coefficient (Wildman–Crippen LogP) is 2.29. The summed E-state index contributed by atoms with van der Waals surface area (Å²) in [4.78, 5) is 15.9. The average molecular weight is 381 g/mol. The summed E-state index contributed by atoms with van der Waals surface area (Å²) in [7, 11) is 3.01. The van der Waals surface area contributed by atoms with Crippen molar-refractivity contribution in [2.75, 3.05) is 20.8 Å². The van der Waals surface area contributed by atoms with Gasteiger partial charge in [0.05, 0.1) is 18.7 Å². The molecule has 1 aliphatic heterocycles. The van der Waals surface area contributed by atoms with Gasteiger partial charge in [0.25, 0.3) is 0 Å². The fourth-order valence-corrected chi connectivity index (χ4v) is 3.18. The van der Waals surface area contributed by atoms with Gasteiger partial charge in [-0.15, -0.1) is 0 Å². The molecule has 122 valence electrons. The van der Waals surface area contributed by atoms with Gasteiger partial charge in [-0.25, -0.2) is 4.98 Å². The zero-order valence-corrected chi connectivity index (χ0v) is 14.4. The number of halogens is 1. The second kappa shape index (κ2) is 6.72. The maximum atomic E-state index is 11.6. The van der Waals surface area contributed by atoms with Gasteiger partial charge in [-0.05, 0) is 39.5 Å². The SMILES string of the molecule is COC(=O)[C@@H]1C[C@@H](Oc2nccc3cc(OC)c(Br)cc23)CN1. The third-order valence-electron chi connectivity index (χ3n) is 3.85. The lowest BCUT2D eigenvalue weighted by Gasteiger charge is -2.14. The second-order valence-corrected chi connectivity index (χ2v) is 6.14. The van der Waals surface area contributed by atoms with Crippen LogP contribution in [-0.4, -0.2) is 43.9 Å². The Labute approximate surface area is 142 Å². The Bertz CT molecular complexity index is 737. The Kier molecular flexibility index (Phi) is 4.68. The average Bonchev–Trinajstić information content (AvgIpc) is 3.02. The maximum absolute atomic E-state index is 11.6. The summed E-state index contributed by atoms with van der Waals surface area (Å²) in [5, 5.41) is 4.97. The number of carbonyl (C=O) groups is 1. The topological polar surface area (TPSA) is 69.7 Å². The van der Waals surface area contributed by atoms with Gasteiger partial charge in [0.1, 0.15) is 17.9 Å². The van der Waals surface area contributed by atoms with Crippen molar-refractivity contribution in [2.24, 2.45) is 0 Å². The molecule has 3 rings (SSSR count). The van der Waals surface area contributed by atoms with Crippen molar-refractivity contribution >= 4 is 32.7 Å². The molecule has 1 saturated heterocycles. The number of nitrogens with one attached hydrogen (secondary N) is 1. The molecule has 0 spiro atoms. The molecule has 0 amide bonds. The van der Waals surface area contributed by atoms with Crippen LogP contribution in [0.4, 0.5) is 0 Å². The quantitative estimate of drug-likeness (QED) is 0.820. The van der Waals surface area contributed by atoms with Crippen molar-refractivity contribution < 1.29 is 19.0 Å². The summed E-state index contributed by atoms with van der Waals surface area (Å²) in [5.41, 5.74) is 0. The molecule has 0 aliphatic carbocycles. The van der Waals surface area contributed by atoms with Gasteiger partial charge in [-0.2, -0.15) is 0 Å². The fraction of sp³-hybridized carbons (Fsp3) is 0.375. The summed E-state index contributed by atoms with van der Waals surface area (Å²) >= 11 is 3.48. The molecule has 23 heavy (non-hydrogen) atoms. The lowest BCUT2D eigenvalue weighted by Crippen LogP contribution is -2.31. The summed E-state index contributed by atoms with van der Waals surface area (Å²) in [5.74, 6) is 1.03. The van der Waals surface area contributed by atoms with E-state index in [-0.39, 0.29) is 18.1 Å². The van der Waals surface area contributed by atoms with Crippen molar-refractivity contribution in [1.29, 1.82) is 0 Å². The van der Waals surface area contributed by atoms with E-state index in [1.807, 2.05) is 18.2 Å². The van der Waals surface area contributed by atoms with E-state index in [1.54, 1.807) is 13.3 Å². The van der Waals surface area contributed by atoms with E-state index in [0.29, 0.717) is 18.8 Å². The Morgan fingerprint density at radius 2 is 2.22 bits per heavy atom. The molecular formula is C16H17BrN2O4. The number of rotatable bonds is 4. The summed E-state index contributed by atoms with van der Waals surface area (Å²) in [6.07, 6.45) is 2.13. The first-order valence-electron chi connectivity index (χ1n) is 7.22. The highest BCUT2D eigenvalue weighted by molar-refractivity contribution is 9.10. The number of esters is 1. The van der Waals surface area contributed by atoms with Crippen molar-refractivity contribution in [3.05, 3.63) is 28.9 Å². The van der Waals surface area contributed by atoms with Gasteiger partial charge in [0.2, 0.25) is 5.88 Å². The number of pyridine rings is 1.